The summed E-state index contributed by atoms with van der Waals surface area (Å²) in [6.07, 6.45) is 0. The molecule has 0 spiro atoms. The van der Waals surface area contributed by atoms with E-state index in [0.29, 0.717) is 17.5 Å². The molecule has 11 rings (SSSR count). The third kappa shape index (κ3) is 5.81. The number of rotatable bonds is 6. The number of hydrogen-bond acceptors (Lipinski definition) is 4. The molecule has 0 bridgehead atoms. The van der Waals surface area contributed by atoms with Gasteiger partial charge in [-0.25, -0.2) is 15.0 Å². The molecule has 0 saturated heterocycles. The fraction of sp³-hybridized carbons (Fsp3) is 0.0192. The van der Waals surface area contributed by atoms with Gasteiger partial charge in [-0.1, -0.05) is 121 Å². The van der Waals surface area contributed by atoms with Gasteiger partial charge in [-0.2, -0.15) is 60.7 Å². The van der Waals surface area contributed by atoms with E-state index < -0.39 is 5.41 Å². The van der Waals surface area contributed by atoms with Crippen LogP contribution in [0.15, 0.2) is 188 Å². The number of fused-ring (bicyclic) bond motifs is 6. The van der Waals surface area contributed by atoms with Crippen molar-refractivity contribution in [1.82, 2.24) is 15.0 Å². The van der Waals surface area contributed by atoms with Gasteiger partial charge in [0.2, 0.25) is 0 Å². The van der Waals surface area contributed by atoms with Crippen molar-refractivity contribution >= 4 is 31.5 Å². The fourth-order valence-electron chi connectivity index (χ4n) is 8.54. The molecular weight excluding hydrogens is 937 g/mol. The van der Waals surface area contributed by atoms with E-state index in [1.165, 1.54) is 42.6 Å². The summed E-state index contributed by atoms with van der Waals surface area (Å²) in [5.41, 5.74) is 11.8. The minimum absolute atomic E-state index is 0. The third-order valence-electron chi connectivity index (χ3n) is 11.0. The van der Waals surface area contributed by atoms with Gasteiger partial charge in [-0.3, -0.25) is 0 Å². The molecule has 3 nitrogen and oxygen atoms in total. The van der Waals surface area contributed by atoms with Crippen molar-refractivity contribution in [2.45, 2.75) is 5.41 Å². The van der Waals surface area contributed by atoms with Crippen molar-refractivity contribution < 1.29 is 31.1 Å². The van der Waals surface area contributed by atoms with Crippen molar-refractivity contribution in [3.63, 3.8) is 0 Å². The first kappa shape index (κ1) is 35.5. The molecule has 0 saturated carbocycles. The van der Waals surface area contributed by atoms with Crippen molar-refractivity contribution in [1.29, 1.82) is 0 Å². The number of benzene rings is 8. The maximum absolute atomic E-state index is 5.22. The minimum Gasteiger partial charge on any atom is -0.208 e. The van der Waals surface area contributed by atoms with Crippen LogP contribution in [-0.2, 0) is 5.41 Å². The second kappa shape index (κ2) is 14.5. The zero-order chi connectivity index (χ0) is 37.1. The summed E-state index contributed by atoms with van der Waals surface area (Å²) in [7, 11) is 0. The molecule has 0 radical (unpaired) electrons. The smallest absolute Gasteiger partial charge is 0.208 e. The molecule has 1 aliphatic rings. The second-order valence-electron chi connectivity index (χ2n) is 14.1. The molecule has 1 aliphatic carbocycles. The summed E-state index contributed by atoms with van der Waals surface area (Å²) < 4.78 is 2.40. The van der Waals surface area contributed by atoms with Crippen LogP contribution in [0, 0.1) is 43.2 Å². The zero-order valence-corrected chi connectivity index (χ0v) is 35.6. The first-order valence-corrected chi connectivity index (χ1v) is 19.6. The summed E-state index contributed by atoms with van der Waals surface area (Å²) in [6, 6.07) is 73.3. The first-order chi connectivity index (χ1) is 27.8. The van der Waals surface area contributed by atoms with Gasteiger partial charge in [0.05, 0.1) is 0 Å². The summed E-state index contributed by atoms with van der Waals surface area (Å²) in [5.74, 6) is 1.94. The Kier molecular flexibility index (Phi) is 9.03. The molecular formula is C52H31N3SU. The Morgan fingerprint density at radius 1 is 0.404 bits per heavy atom. The Morgan fingerprint density at radius 2 is 0.947 bits per heavy atom. The molecule has 0 N–H and O–H groups in total. The summed E-state index contributed by atoms with van der Waals surface area (Å²) in [6.45, 7) is 0. The maximum atomic E-state index is 5.22. The predicted octanol–water partition coefficient (Wildman–Crippen LogP) is 12.9. The molecule has 5 heteroatoms. The molecule has 10 aromatic rings. The van der Waals surface area contributed by atoms with Crippen LogP contribution in [0.25, 0.3) is 76.6 Å². The molecule has 2 aromatic heterocycles. The van der Waals surface area contributed by atoms with Crippen molar-refractivity contribution in [2.75, 3.05) is 0 Å². The van der Waals surface area contributed by atoms with Crippen molar-refractivity contribution in [3.8, 4) is 56.4 Å². The van der Waals surface area contributed by atoms with E-state index in [1.807, 2.05) is 59.9 Å². The summed E-state index contributed by atoms with van der Waals surface area (Å²) >= 11 is 1.82. The second-order valence-corrected chi connectivity index (χ2v) is 15.2. The molecule has 8 aromatic carbocycles. The van der Waals surface area contributed by atoms with E-state index in [1.54, 1.807) is 0 Å². The van der Waals surface area contributed by atoms with Gasteiger partial charge in [0.1, 0.15) is 0 Å². The van der Waals surface area contributed by atoms with Crippen LogP contribution in [0.3, 0.4) is 0 Å². The van der Waals surface area contributed by atoms with E-state index in [0.717, 1.165) is 38.8 Å². The van der Waals surface area contributed by atoms with Crippen LogP contribution in [0.4, 0.5) is 0 Å². The zero-order valence-electron chi connectivity index (χ0n) is 30.6. The van der Waals surface area contributed by atoms with Crippen LogP contribution in [0.1, 0.15) is 22.3 Å². The normalized spacial score (nSPS) is 12.6. The Morgan fingerprint density at radius 3 is 1.61 bits per heavy atom. The Balaban J connectivity index is 0.00000396. The monoisotopic (exact) mass is 967 g/mol. The number of nitrogens with zero attached hydrogens (tertiary/aromatic N) is 3. The topological polar surface area (TPSA) is 38.7 Å². The van der Waals surface area contributed by atoms with E-state index in [2.05, 4.69) is 152 Å². The maximum Gasteiger partial charge on any atom is 2.00 e. The van der Waals surface area contributed by atoms with Crippen LogP contribution in [0.2, 0.25) is 0 Å². The van der Waals surface area contributed by atoms with E-state index in [4.69, 9.17) is 15.0 Å². The first-order valence-electron chi connectivity index (χ1n) is 18.8. The molecule has 0 amide bonds. The van der Waals surface area contributed by atoms with Crippen LogP contribution >= 0.6 is 11.3 Å². The molecule has 0 fully saturated rings. The average molecular weight is 968 g/mol. The van der Waals surface area contributed by atoms with Gasteiger partial charge in [0.25, 0.3) is 0 Å². The Labute approximate surface area is 359 Å². The summed E-state index contributed by atoms with van der Waals surface area (Å²) in [4.78, 5) is 15.5. The van der Waals surface area contributed by atoms with Crippen molar-refractivity contribution in [3.05, 3.63) is 222 Å². The largest absolute Gasteiger partial charge is 2.00 e. The standard InChI is InChI=1S/C52H31N3S.U/c1-5-16-34(17-6-1)35-28-30-37(31-29-35)50-53-49(36-18-7-2-8-19-36)54-51(55-50)41-25-15-27-46-48(41)43-32-42-40-24-13-14-26-44(40)52(38-20-9-3-10-21-38,39-22-11-4-12-23-39)45(42)33-47(43)56-46;/h1-20,22,24-33H;/q-2;+2. The van der Waals surface area contributed by atoms with E-state index in [-0.39, 0.29) is 31.1 Å². The minimum atomic E-state index is -0.564. The van der Waals surface area contributed by atoms with Gasteiger partial charge < -0.3 is 0 Å². The van der Waals surface area contributed by atoms with Gasteiger partial charge in [0, 0.05) is 42.3 Å². The SMILES string of the molecule is [U+2].[c-]1ccccc1C1(c2[c-]cccc2)c2ccccc2-c2cc3c(cc21)sc1cccc(-c2nc(-c4ccccc4)nc(-c4ccc(-c5ccccc5)cc4)n2)c13. The van der Waals surface area contributed by atoms with Gasteiger partial charge in [-0.15, -0.1) is 22.5 Å². The molecule has 0 atom stereocenters. The van der Waals surface area contributed by atoms with Crippen molar-refractivity contribution in [2.24, 2.45) is 0 Å². The van der Waals surface area contributed by atoms with Gasteiger partial charge in [0.15, 0.2) is 17.5 Å². The van der Waals surface area contributed by atoms with E-state index in [9.17, 15) is 0 Å². The van der Waals surface area contributed by atoms with E-state index >= 15 is 0 Å². The Hall–Kier alpha value is -5.96. The molecule has 57 heavy (non-hydrogen) atoms. The van der Waals surface area contributed by atoms with Crippen LogP contribution in [-0.4, -0.2) is 15.0 Å². The molecule has 2 heterocycles. The predicted molar refractivity (Wildman–Crippen MR) is 229 cm³/mol. The number of aromatic nitrogens is 3. The quantitative estimate of drug-likeness (QED) is 0.156. The molecule has 0 unspecified atom stereocenters. The Bertz CT molecular complexity index is 3020. The molecule has 0 aliphatic heterocycles. The van der Waals surface area contributed by atoms with Gasteiger partial charge >= 0.3 is 31.1 Å². The van der Waals surface area contributed by atoms with Gasteiger partial charge in [-0.05, 0) is 51.6 Å². The number of thiophene rings is 1. The molecule has 264 valence electrons. The number of hydrogen-bond donors (Lipinski definition) is 0. The van der Waals surface area contributed by atoms with Crippen LogP contribution in [0.5, 0.6) is 0 Å². The summed E-state index contributed by atoms with van der Waals surface area (Å²) in [5, 5.41) is 2.34. The fourth-order valence-corrected chi connectivity index (χ4v) is 9.70. The van der Waals surface area contributed by atoms with Crippen LogP contribution < -0.4 is 0 Å². The average Bonchev–Trinajstić information content (AvgIpc) is 3.79. The third-order valence-corrected chi connectivity index (χ3v) is 12.2.